The average Bonchev–Trinajstić information content (AvgIpc) is 3.47. The fraction of sp³-hybridized carbons (Fsp3) is 0.188. The van der Waals surface area contributed by atoms with Gasteiger partial charge in [0.15, 0.2) is 11.0 Å². The number of pyridine rings is 1. The van der Waals surface area contributed by atoms with E-state index >= 15 is 0 Å². The number of rotatable bonds is 8. The number of anilines is 1. The van der Waals surface area contributed by atoms with Crippen molar-refractivity contribution in [2.24, 2.45) is 0 Å². The molecule has 10 nitrogen and oxygen atoms in total. The van der Waals surface area contributed by atoms with Crippen LogP contribution in [-0.2, 0) is 17.0 Å². The van der Waals surface area contributed by atoms with Gasteiger partial charge in [0, 0.05) is 42.4 Å². The SMILES string of the molecule is O=C(CCc1nc(CSc2nnc(-c3ccncc3)o2)no1)Nc1nccs1. The Bertz CT molecular complexity index is 1030. The molecule has 0 aliphatic rings. The number of hydrogen-bond acceptors (Lipinski definition) is 11. The van der Waals surface area contributed by atoms with Gasteiger partial charge in [0.05, 0.1) is 5.75 Å². The summed E-state index contributed by atoms with van der Waals surface area (Å²) < 4.78 is 10.8. The maximum absolute atomic E-state index is 11.9. The maximum atomic E-state index is 11.9. The molecule has 0 spiro atoms. The van der Waals surface area contributed by atoms with E-state index in [2.05, 4.69) is 35.6 Å². The van der Waals surface area contributed by atoms with Gasteiger partial charge in [0.25, 0.3) is 5.22 Å². The first-order chi connectivity index (χ1) is 13.8. The van der Waals surface area contributed by atoms with E-state index in [0.717, 1.165) is 5.56 Å². The zero-order chi connectivity index (χ0) is 19.2. The number of nitrogens with zero attached hydrogens (tertiary/aromatic N) is 6. The third kappa shape index (κ3) is 4.78. The van der Waals surface area contributed by atoms with Crippen molar-refractivity contribution in [2.45, 2.75) is 23.8 Å². The fourth-order valence-electron chi connectivity index (χ4n) is 2.14. The lowest BCUT2D eigenvalue weighted by atomic mass is 10.3. The van der Waals surface area contributed by atoms with Crippen LogP contribution in [0.4, 0.5) is 5.13 Å². The number of aromatic nitrogens is 6. The highest BCUT2D eigenvalue weighted by Gasteiger charge is 2.13. The third-order valence-corrected chi connectivity index (χ3v) is 4.92. The molecule has 4 aromatic rings. The number of thiazole rings is 1. The second kappa shape index (κ2) is 8.71. The first-order valence-electron chi connectivity index (χ1n) is 8.14. The Morgan fingerprint density at radius 2 is 2.11 bits per heavy atom. The van der Waals surface area contributed by atoms with E-state index in [1.165, 1.54) is 23.1 Å². The Labute approximate surface area is 166 Å². The number of nitrogens with one attached hydrogen (secondary N) is 1. The van der Waals surface area contributed by atoms with Crippen molar-refractivity contribution >= 4 is 34.1 Å². The van der Waals surface area contributed by atoms with Gasteiger partial charge in [-0.05, 0) is 12.1 Å². The zero-order valence-corrected chi connectivity index (χ0v) is 15.9. The van der Waals surface area contributed by atoms with Gasteiger partial charge >= 0.3 is 0 Å². The lowest BCUT2D eigenvalue weighted by Crippen LogP contribution is -2.12. The van der Waals surface area contributed by atoms with Gasteiger partial charge in [-0.2, -0.15) is 4.98 Å². The van der Waals surface area contributed by atoms with Crippen molar-refractivity contribution in [1.29, 1.82) is 0 Å². The van der Waals surface area contributed by atoms with E-state index in [-0.39, 0.29) is 12.3 Å². The molecule has 0 aromatic carbocycles. The van der Waals surface area contributed by atoms with E-state index < -0.39 is 0 Å². The van der Waals surface area contributed by atoms with Gasteiger partial charge in [-0.3, -0.25) is 9.78 Å². The highest BCUT2D eigenvalue weighted by atomic mass is 32.2. The standard InChI is InChI=1S/C16H13N7O3S2/c24-12(20-15-18-7-8-27-15)1-2-13-19-11(23-26-13)9-28-16-22-21-14(25-16)10-3-5-17-6-4-10/h3-8H,1-2,9H2,(H,18,20,24). The monoisotopic (exact) mass is 415 g/mol. The van der Waals surface area contributed by atoms with Crippen LogP contribution in [0.25, 0.3) is 11.5 Å². The molecular formula is C16H13N7O3S2. The highest BCUT2D eigenvalue weighted by Crippen LogP contribution is 2.24. The summed E-state index contributed by atoms with van der Waals surface area (Å²) in [7, 11) is 0. The summed E-state index contributed by atoms with van der Waals surface area (Å²) in [4.78, 5) is 24.1. The van der Waals surface area contributed by atoms with Gasteiger partial charge in [-0.15, -0.1) is 21.5 Å². The molecule has 0 fully saturated rings. The molecule has 28 heavy (non-hydrogen) atoms. The van der Waals surface area contributed by atoms with Gasteiger partial charge in [-0.1, -0.05) is 16.9 Å². The molecule has 0 atom stereocenters. The van der Waals surface area contributed by atoms with E-state index in [9.17, 15) is 4.79 Å². The smallest absolute Gasteiger partial charge is 0.277 e. The summed E-state index contributed by atoms with van der Waals surface area (Å²) >= 11 is 2.66. The molecule has 0 unspecified atom stereocenters. The van der Waals surface area contributed by atoms with Crippen molar-refractivity contribution in [3.8, 4) is 11.5 Å². The molecule has 4 aromatic heterocycles. The summed E-state index contributed by atoms with van der Waals surface area (Å²) in [5.41, 5.74) is 0.798. The molecule has 4 heterocycles. The van der Waals surface area contributed by atoms with Crippen LogP contribution in [-0.4, -0.2) is 36.2 Å². The second-order valence-electron chi connectivity index (χ2n) is 5.39. The zero-order valence-electron chi connectivity index (χ0n) is 14.3. The first-order valence-corrected chi connectivity index (χ1v) is 10.0. The minimum absolute atomic E-state index is 0.154. The van der Waals surface area contributed by atoms with Crippen LogP contribution in [0.15, 0.2) is 50.3 Å². The number of aryl methyl sites for hydroxylation is 1. The number of thioether (sulfide) groups is 1. The summed E-state index contributed by atoms with van der Waals surface area (Å²) in [5.74, 6) is 1.56. The van der Waals surface area contributed by atoms with Gasteiger partial charge in [0.1, 0.15) is 0 Å². The second-order valence-corrected chi connectivity index (χ2v) is 7.21. The quantitative estimate of drug-likeness (QED) is 0.428. The first kappa shape index (κ1) is 18.3. The van der Waals surface area contributed by atoms with E-state index in [1.54, 1.807) is 36.1 Å². The van der Waals surface area contributed by atoms with Crippen molar-refractivity contribution in [2.75, 3.05) is 5.32 Å². The lowest BCUT2D eigenvalue weighted by Gasteiger charge is -1.98. The highest BCUT2D eigenvalue weighted by molar-refractivity contribution is 7.98. The Morgan fingerprint density at radius 3 is 2.93 bits per heavy atom. The predicted octanol–water partition coefficient (Wildman–Crippen LogP) is 2.83. The van der Waals surface area contributed by atoms with Crippen LogP contribution in [0.3, 0.4) is 0 Å². The summed E-state index contributed by atoms with van der Waals surface area (Å²) in [6.07, 6.45) is 5.52. The van der Waals surface area contributed by atoms with Crippen molar-refractivity contribution in [1.82, 2.24) is 30.3 Å². The summed E-state index contributed by atoms with van der Waals surface area (Å²) in [6, 6.07) is 3.58. The Morgan fingerprint density at radius 1 is 1.21 bits per heavy atom. The van der Waals surface area contributed by atoms with E-state index in [0.29, 0.717) is 40.1 Å². The van der Waals surface area contributed by atoms with Crippen molar-refractivity contribution in [3.05, 3.63) is 47.8 Å². The molecule has 0 aliphatic carbocycles. The molecule has 1 amide bonds. The summed E-state index contributed by atoms with van der Waals surface area (Å²) in [5, 5.41) is 17.4. The van der Waals surface area contributed by atoms with Crippen LogP contribution >= 0.6 is 23.1 Å². The number of amides is 1. The minimum atomic E-state index is -0.154. The predicted molar refractivity (Wildman–Crippen MR) is 100 cm³/mol. The topological polar surface area (TPSA) is 133 Å². The van der Waals surface area contributed by atoms with Crippen molar-refractivity contribution in [3.63, 3.8) is 0 Å². The Balaban J connectivity index is 1.26. The molecular weight excluding hydrogens is 402 g/mol. The van der Waals surface area contributed by atoms with E-state index in [1.807, 2.05) is 0 Å². The molecule has 0 saturated heterocycles. The minimum Gasteiger partial charge on any atom is -0.411 e. The van der Waals surface area contributed by atoms with Crippen LogP contribution in [0.2, 0.25) is 0 Å². The van der Waals surface area contributed by atoms with Crippen molar-refractivity contribution < 1.29 is 13.7 Å². The van der Waals surface area contributed by atoms with Crippen LogP contribution in [0, 0.1) is 0 Å². The van der Waals surface area contributed by atoms with Gasteiger partial charge in [0.2, 0.25) is 17.7 Å². The lowest BCUT2D eigenvalue weighted by molar-refractivity contribution is -0.116. The van der Waals surface area contributed by atoms with Crippen LogP contribution in [0.1, 0.15) is 18.1 Å². The van der Waals surface area contributed by atoms with Crippen LogP contribution < -0.4 is 5.32 Å². The number of carbonyl (C=O) groups is 1. The number of carbonyl (C=O) groups excluding carboxylic acids is 1. The largest absolute Gasteiger partial charge is 0.411 e. The Hall–Kier alpha value is -3.12. The van der Waals surface area contributed by atoms with Gasteiger partial charge < -0.3 is 14.3 Å². The Kier molecular flexibility index (Phi) is 5.68. The molecule has 1 N–H and O–H groups in total. The fourth-order valence-corrected chi connectivity index (χ4v) is 3.29. The molecule has 0 radical (unpaired) electrons. The molecule has 0 aliphatic heterocycles. The summed E-state index contributed by atoms with van der Waals surface area (Å²) in [6.45, 7) is 0. The van der Waals surface area contributed by atoms with Gasteiger partial charge in [-0.25, -0.2) is 4.98 Å². The third-order valence-electron chi connectivity index (χ3n) is 3.41. The van der Waals surface area contributed by atoms with E-state index in [4.69, 9.17) is 8.94 Å². The average molecular weight is 415 g/mol. The molecule has 0 bridgehead atoms. The molecule has 0 saturated carbocycles. The normalized spacial score (nSPS) is 10.9. The molecule has 4 rings (SSSR count). The molecule has 142 valence electrons. The number of hydrogen-bond donors (Lipinski definition) is 1. The van der Waals surface area contributed by atoms with Crippen LogP contribution in [0.5, 0.6) is 0 Å². The molecule has 12 heteroatoms. The maximum Gasteiger partial charge on any atom is 0.277 e.